The van der Waals surface area contributed by atoms with Gasteiger partial charge in [-0.2, -0.15) is 0 Å². The van der Waals surface area contributed by atoms with E-state index in [0.717, 1.165) is 0 Å². The average Bonchev–Trinajstić information content (AvgIpc) is 2.17. The summed E-state index contributed by atoms with van der Waals surface area (Å²) in [6.45, 7) is -0.566. The second-order valence-electron chi connectivity index (χ2n) is 3.05. The van der Waals surface area contributed by atoms with Crippen LogP contribution in [0.15, 0.2) is 33.6 Å². The van der Waals surface area contributed by atoms with Crippen LogP contribution in [-0.4, -0.2) is 37.1 Å². The van der Waals surface area contributed by atoms with Gasteiger partial charge in [0.15, 0.2) is 9.84 Å². The van der Waals surface area contributed by atoms with E-state index in [1.165, 1.54) is 6.07 Å². The topological polar surface area (TPSA) is 74.6 Å². The Morgan fingerprint density at radius 2 is 1.93 bits per heavy atom. The van der Waals surface area contributed by atoms with E-state index in [1.807, 2.05) is 0 Å². The van der Waals surface area contributed by atoms with Gasteiger partial charge >= 0.3 is 0 Å². The Labute approximate surface area is 96.6 Å². The highest BCUT2D eigenvalue weighted by molar-refractivity contribution is 9.10. The summed E-state index contributed by atoms with van der Waals surface area (Å²) in [5.74, 6) is -0.480. The lowest BCUT2D eigenvalue weighted by Gasteiger charge is -2.09. The zero-order chi connectivity index (χ0) is 11.5. The molecule has 1 atom stereocenters. The van der Waals surface area contributed by atoms with E-state index in [9.17, 15) is 8.42 Å². The van der Waals surface area contributed by atoms with Crippen molar-refractivity contribution in [1.29, 1.82) is 0 Å². The van der Waals surface area contributed by atoms with Crippen LogP contribution in [0.4, 0.5) is 0 Å². The molecule has 1 unspecified atom stereocenters. The summed E-state index contributed by atoms with van der Waals surface area (Å²) in [7, 11) is -3.56. The first-order valence-electron chi connectivity index (χ1n) is 4.23. The van der Waals surface area contributed by atoms with Crippen molar-refractivity contribution in [2.75, 3.05) is 12.4 Å². The molecule has 0 bridgehead atoms. The number of benzene rings is 1. The quantitative estimate of drug-likeness (QED) is 0.852. The monoisotopic (exact) mass is 294 g/mol. The largest absolute Gasteiger partial charge is 0.394 e. The molecule has 0 aliphatic carbocycles. The van der Waals surface area contributed by atoms with Gasteiger partial charge in [-0.3, -0.25) is 0 Å². The smallest absolute Gasteiger partial charge is 0.182 e. The normalized spacial score (nSPS) is 13.8. The Morgan fingerprint density at radius 3 is 2.47 bits per heavy atom. The second-order valence-corrected chi connectivity index (χ2v) is 5.91. The summed E-state index contributed by atoms with van der Waals surface area (Å²) in [6.07, 6.45) is -1.25. The minimum Gasteiger partial charge on any atom is -0.394 e. The predicted octanol–water partition coefficient (Wildman–Crippen LogP) is 0.576. The predicted molar refractivity (Wildman–Crippen MR) is 59.3 cm³/mol. The first-order valence-corrected chi connectivity index (χ1v) is 6.68. The molecule has 0 radical (unpaired) electrons. The molecule has 0 saturated carbocycles. The molecule has 0 saturated heterocycles. The summed E-state index contributed by atoms with van der Waals surface area (Å²) >= 11 is 3.12. The van der Waals surface area contributed by atoms with Crippen molar-refractivity contribution in [2.24, 2.45) is 0 Å². The molecule has 0 fully saturated rings. The first kappa shape index (κ1) is 12.6. The third kappa shape index (κ3) is 3.27. The van der Waals surface area contributed by atoms with Gasteiger partial charge in [0.05, 0.1) is 23.4 Å². The molecule has 2 N–H and O–H groups in total. The number of sulfone groups is 1. The fourth-order valence-corrected chi connectivity index (χ4v) is 3.56. The van der Waals surface area contributed by atoms with Crippen LogP contribution in [0.3, 0.4) is 0 Å². The Morgan fingerprint density at radius 1 is 1.33 bits per heavy atom. The average molecular weight is 295 g/mol. The molecule has 0 aliphatic heterocycles. The van der Waals surface area contributed by atoms with E-state index < -0.39 is 28.3 Å². The van der Waals surface area contributed by atoms with Gasteiger partial charge in [0.25, 0.3) is 0 Å². The second kappa shape index (κ2) is 5.07. The SMILES string of the molecule is O=S(=O)(CC(O)CO)c1ccccc1Br. The lowest BCUT2D eigenvalue weighted by Crippen LogP contribution is -2.24. The lowest BCUT2D eigenvalue weighted by molar-refractivity contribution is 0.112. The number of aliphatic hydroxyl groups is 2. The van der Waals surface area contributed by atoms with Crippen molar-refractivity contribution in [3.8, 4) is 0 Å². The minimum absolute atomic E-state index is 0.123. The number of halogens is 1. The molecule has 4 nitrogen and oxygen atoms in total. The van der Waals surface area contributed by atoms with Gasteiger partial charge < -0.3 is 10.2 Å². The van der Waals surface area contributed by atoms with E-state index in [2.05, 4.69) is 15.9 Å². The molecule has 1 aromatic rings. The molecule has 0 aromatic heterocycles. The molecule has 0 amide bonds. The number of hydrogen-bond acceptors (Lipinski definition) is 4. The van der Waals surface area contributed by atoms with Gasteiger partial charge in [-0.15, -0.1) is 0 Å². The molecule has 15 heavy (non-hydrogen) atoms. The van der Waals surface area contributed by atoms with E-state index in [-0.39, 0.29) is 4.90 Å². The van der Waals surface area contributed by atoms with Crippen LogP contribution < -0.4 is 0 Å². The molecule has 0 spiro atoms. The van der Waals surface area contributed by atoms with Crippen LogP contribution in [0.1, 0.15) is 0 Å². The molecule has 84 valence electrons. The number of hydrogen-bond donors (Lipinski definition) is 2. The van der Waals surface area contributed by atoms with Gasteiger partial charge in [0.1, 0.15) is 0 Å². The van der Waals surface area contributed by atoms with Crippen molar-refractivity contribution in [3.63, 3.8) is 0 Å². The molecular weight excluding hydrogens is 284 g/mol. The zero-order valence-corrected chi connectivity index (χ0v) is 10.2. The number of aliphatic hydroxyl groups excluding tert-OH is 2. The fourth-order valence-electron chi connectivity index (χ4n) is 1.09. The fraction of sp³-hybridized carbons (Fsp3) is 0.333. The van der Waals surface area contributed by atoms with Gasteiger partial charge in [0.2, 0.25) is 0 Å². The van der Waals surface area contributed by atoms with E-state index >= 15 is 0 Å². The molecule has 6 heteroatoms. The van der Waals surface area contributed by atoms with Crippen molar-refractivity contribution in [1.82, 2.24) is 0 Å². The number of rotatable bonds is 4. The molecular formula is C9H11BrO4S. The van der Waals surface area contributed by atoms with Crippen LogP contribution >= 0.6 is 15.9 Å². The maximum atomic E-state index is 11.7. The maximum absolute atomic E-state index is 11.7. The van der Waals surface area contributed by atoms with E-state index in [1.54, 1.807) is 18.2 Å². The van der Waals surface area contributed by atoms with Crippen molar-refractivity contribution >= 4 is 25.8 Å². The first-order chi connectivity index (χ1) is 6.97. The van der Waals surface area contributed by atoms with Crippen LogP contribution in [-0.2, 0) is 9.84 Å². The van der Waals surface area contributed by atoms with Crippen molar-refractivity contribution < 1.29 is 18.6 Å². The van der Waals surface area contributed by atoms with Crippen molar-refractivity contribution in [3.05, 3.63) is 28.7 Å². The van der Waals surface area contributed by atoms with Gasteiger partial charge in [-0.05, 0) is 28.1 Å². The lowest BCUT2D eigenvalue weighted by atomic mass is 10.4. The van der Waals surface area contributed by atoms with E-state index in [4.69, 9.17) is 10.2 Å². The molecule has 1 aromatic carbocycles. The van der Waals surface area contributed by atoms with Crippen LogP contribution in [0.5, 0.6) is 0 Å². The summed E-state index contributed by atoms with van der Waals surface area (Å²) < 4.78 is 23.9. The summed E-state index contributed by atoms with van der Waals surface area (Å²) in [5, 5.41) is 17.7. The van der Waals surface area contributed by atoms with Crippen LogP contribution in [0.2, 0.25) is 0 Å². The minimum atomic E-state index is -3.56. The third-order valence-electron chi connectivity index (χ3n) is 1.79. The highest BCUT2D eigenvalue weighted by Crippen LogP contribution is 2.22. The summed E-state index contributed by atoms with van der Waals surface area (Å²) in [4.78, 5) is 0.123. The molecule has 1 rings (SSSR count). The molecule has 0 heterocycles. The zero-order valence-electron chi connectivity index (χ0n) is 7.80. The van der Waals surface area contributed by atoms with Crippen LogP contribution in [0, 0.1) is 0 Å². The Kier molecular flexibility index (Phi) is 4.27. The Balaban J connectivity index is 3.02. The Bertz CT molecular complexity index is 429. The maximum Gasteiger partial charge on any atom is 0.182 e. The third-order valence-corrected chi connectivity index (χ3v) is 4.60. The van der Waals surface area contributed by atoms with Gasteiger partial charge in [-0.25, -0.2) is 8.42 Å². The standard InChI is InChI=1S/C9H11BrO4S/c10-8-3-1-2-4-9(8)15(13,14)6-7(12)5-11/h1-4,7,11-12H,5-6H2. The molecule has 0 aliphatic rings. The highest BCUT2D eigenvalue weighted by atomic mass is 79.9. The van der Waals surface area contributed by atoms with Gasteiger partial charge in [-0.1, -0.05) is 12.1 Å². The summed E-state index contributed by atoms with van der Waals surface area (Å²) in [5.41, 5.74) is 0. The summed E-state index contributed by atoms with van der Waals surface area (Å²) in [6, 6.07) is 6.36. The van der Waals surface area contributed by atoms with E-state index in [0.29, 0.717) is 4.47 Å². The Hall–Kier alpha value is -0.430. The van der Waals surface area contributed by atoms with Crippen LogP contribution in [0.25, 0.3) is 0 Å². The van der Waals surface area contributed by atoms with Crippen molar-refractivity contribution in [2.45, 2.75) is 11.0 Å². The van der Waals surface area contributed by atoms with Gasteiger partial charge in [0, 0.05) is 4.47 Å². The highest BCUT2D eigenvalue weighted by Gasteiger charge is 2.21.